The van der Waals surface area contributed by atoms with Crippen molar-refractivity contribution in [3.63, 3.8) is 0 Å². The predicted octanol–water partition coefficient (Wildman–Crippen LogP) is 5.33. The minimum atomic E-state index is -1.65. The number of anilines is 1. The number of halogens is 2. The fraction of sp³-hybridized carbons (Fsp3) is 0.120. The van der Waals surface area contributed by atoms with Crippen molar-refractivity contribution < 1.29 is 14.1 Å². The fourth-order valence-electron chi connectivity index (χ4n) is 3.31. The lowest BCUT2D eigenvalue weighted by molar-refractivity contribution is 0.104. The molecule has 1 atom stereocenters. The molecule has 1 unspecified atom stereocenters. The van der Waals surface area contributed by atoms with Crippen LogP contribution in [0.2, 0.25) is 10.0 Å². The van der Waals surface area contributed by atoms with E-state index in [1.165, 1.54) is 0 Å². The molecule has 166 valence electrons. The third-order valence-electron chi connectivity index (χ3n) is 5.02. The first kappa shape index (κ1) is 23.2. The highest BCUT2D eigenvalue weighted by molar-refractivity contribution is 7.97. The van der Waals surface area contributed by atoms with E-state index in [0.29, 0.717) is 44.7 Å². The zero-order chi connectivity index (χ0) is 23.5. The maximum atomic E-state index is 13.2. The molecule has 1 aliphatic rings. The van der Waals surface area contributed by atoms with Gasteiger partial charge in [-0.15, -0.1) is 0 Å². The minimum Gasteiger partial charge on any atom is -0.588 e. The smallest absolute Gasteiger partial charge is 0.245 e. The number of ether oxygens (including phenoxy) is 1. The van der Waals surface area contributed by atoms with Gasteiger partial charge in [-0.1, -0.05) is 41.1 Å². The first-order valence-electron chi connectivity index (χ1n) is 9.86. The molecule has 0 saturated carbocycles. The van der Waals surface area contributed by atoms with Crippen LogP contribution in [-0.4, -0.2) is 29.5 Å². The lowest BCUT2D eigenvalue weighted by atomic mass is 10.0. The molecule has 33 heavy (non-hydrogen) atoms. The molecule has 0 saturated heterocycles. The Morgan fingerprint density at radius 2 is 1.97 bits per heavy atom. The van der Waals surface area contributed by atoms with Crippen LogP contribution in [0.15, 0.2) is 59.6 Å². The number of fused-ring (bicyclic) bond motifs is 1. The monoisotopic (exact) mass is 496 g/mol. The Labute approximate surface area is 205 Å². The number of carbonyl (C=O) groups excluding carboxylic acids is 1. The van der Waals surface area contributed by atoms with Crippen LogP contribution in [0.3, 0.4) is 0 Å². The van der Waals surface area contributed by atoms with E-state index in [4.69, 9.17) is 27.9 Å². The van der Waals surface area contributed by atoms with Gasteiger partial charge in [0.15, 0.2) is 0 Å². The largest absolute Gasteiger partial charge is 0.588 e. The minimum absolute atomic E-state index is 0.164. The molecule has 3 aromatic rings. The molecule has 0 aliphatic carbocycles. The lowest BCUT2D eigenvalue weighted by Gasteiger charge is -2.29. The van der Waals surface area contributed by atoms with E-state index in [1.54, 1.807) is 61.1 Å². The third kappa shape index (κ3) is 5.02. The van der Waals surface area contributed by atoms with Gasteiger partial charge in [0.25, 0.3) is 0 Å². The van der Waals surface area contributed by atoms with Gasteiger partial charge in [-0.25, -0.2) is 4.98 Å². The summed E-state index contributed by atoms with van der Waals surface area (Å²) in [6.07, 6.45) is 3.76. The van der Waals surface area contributed by atoms with E-state index in [0.717, 1.165) is 5.56 Å². The van der Waals surface area contributed by atoms with Gasteiger partial charge in [0.2, 0.25) is 16.6 Å². The molecule has 0 N–H and O–H groups in total. The Hall–Kier alpha value is -2.95. The number of pyridine rings is 1. The maximum Gasteiger partial charge on any atom is 0.245 e. The zero-order valence-corrected chi connectivity index (χ0v) is 20.1. The number of rotatable bonds is 3. The van der Waals surface area contributed by atoms with Crippen molar-refractivity contribution in [1.29, 1.82) is 0 Å². The third-order valence-corrected chi connectivity index (χ3v) is 7.13. The number of methoxy groups -OCH3 is 1. The Balaban J connectivity index is 1.63. The second-order valence-corrected chi connectivity index (χ2v) is 9.48. The van der Waals surface area contributed by atoms with E-state index in [1.807, 2.05) is 18.2 Å². The first-order chi connectivity index (χ1) is 15.9. The summed E-state index contributed by atoms with van der Waals surface area (Å²) in [6, 6.07) is 14.0. The van der Waals surface area contributed by atoms with Gasteiger partial charge < -0.3 is 9.29 Å². The van der Waals surface area contributed by atoms with Crippen LogP contribution in [0.1, 0.15) is 27.0 Å². The number of carbonyl (C=O) groups is 1. The number of Topliss-reactive ketones (excluding diaryl/α,β-unsaturated/α-hetero) is 1. The Morgan fingerprint density at radius 3 is 2.73 bits per heavy atom. The van der Waals surface area contributed by atoms with Crippen LogP contribution in [-0.2, 0) is 17.8 Å². The lowest BCUT2D eigenvalue weighted by Crippen LogP contribution is -2.36. The molecule has 5 nitrogen and oxygen atoms in total. The summed E-state index contributed by atoms with van der Waals surface area (Å²) in [5.41, 5.74) is 3.35. The van der Waals surface area contributed by atoms with Crippen molar-refractivity contribution in [2.24, 2.45) is 0 Å². The normalized spacial score (nSPS) is 16.3. The molecule has 0 bridgehead atoms. The van der Waals surface area contributed by atoms with E-state index in [2.05, 4.69) is 16.8 Å². The van der Waals surface area contributed by atoms with E-state index < -0.39 is 11.4 Å². The molecule has 0 fully saturated rings. The highest BCUT2D eigenvalue weighted by Crippen LogP contribution is 2.36. The van der Waals surface area contributed by atoms with E-state index in [9.17, 15) is 9.35 Å². The standard InChI is InChI=1S/C25H18Cl2N2O3S/c1-29-22-9-7-16(4-3-5-17-10-11-28-24(15-17)32-2)12-19(22)25(30)23(33(29)31)14-18-6-8-20(26)21(27)13-18/h6-15H,5H2,1-2H3/b23-14+. The maximum absolute atomic E-state index is 13.2. The average molecular weight is 497 g/mol. The molecular weight excluding hydrogens is 479 g/mol. The quantitative estimate of drug-likeness (QED) is 0.278. The first-order valence-corrected chi connectivity index (χ1v) is 11.7. The van der Waals surface area contributed by atoms with Crippen LogP contribution < -0.4 is 9.04 Å². The molecule has 4 rings (SSSR count). The zero-order valence-electron chi connectivity index (χ0n) is 17.8. The average Bonchev–Trinajstić information content (AvgIpc) is 2.82. The summed E-state index contributed by atoms with van der Waals surface area (Å²) >= 11 is 10.4. The van der Waals surface area contributed by atoms with Gasteiger partial charge >= 0.3 is 0 Å². The number of allylic oxidation sites excluding steroid dienone is 1. The molecule has 1 aliphatic heterocycles. The van der Waals surface area contributed by atoms with Crippen LogP contribution in [0.25, 0.3) is 6.08 Å². The molecule has 0 amide bonds. The molecule has 0 radical (unpaired) electrons. The van der Waals surface area contributed by atoms with Crippen molar-refractivity contribution in [3.8, 4) is 17.7 Å². The second-order valence-electron chi connectivity index (χ2n) is 7.17. The van der Waals surface area contributed by atoms with Crippen LogP contribution in [0.5, 0.6) is 5.88 Å². The summed E-state index contributed by atoms with van der Waals surface area (Å²) < 4.78 is 19.7. The summed E-state index contributed by atoms with van der Waals surface area (Å²) in [7, 11) is 3.25. The number of hydrogen-bond donors (Lipinski definition) is 0. The number of hydrogen-bond acceptors (Lipinski definition) is 5. The van der Waals surface area contributed by atoms with Crippen molar-refractivity contribution in [3.05, 3.63) is 91.9 Å². The van der Waals surface area contributed by atoms with Gasteiger partial charge in [-0.2, -0.15) is 4.31 Å². The predicted molar refractivity (Wildman–Crippen MR) is 133 cm³/mol. The molecule has 0 spiro atoms. The van der Waals surface area contributed by atoms with Crippen molar-refractivity contribution in [1.82, 2.24) is 4.98 Å². The van der Waals surface area contributed by atoms with Crippen LogP contribution in [0.4, 0.5) is 5.69 Å². The van der Waals surface area contributed by atoms with E-state index in [-0.39, 0.29) is 10.7 Å². The van der Waals surface area contributed by atoms with Crippen LogP contribution >= 0.6 is 23.2 Å². The van der Waals surface area contributed by atoms with Gasteiger partial charge in [0, 0.05) is 30.3 Å². The highest BCUT2D eigenvalue weighted by Gasteiger charge is 2.38. The van der Waals surface area contributed by atoms with Gasteiger partial charge in [-0.05, 0) is 47.5 Å². The molecular formula is C25H18Cl2N2O3S. The summed E-state index contributed by atoms with van der Waals surface area (Å²) in [6.45, 7) is 0. The molecule has 2 heterocycles. The highest BCUT2D eigenvalue weighted by atomic mass is 35.5. The van der Waals surface area contributed by atoms with Gasteiger partial charge in [0.1, 0.15) is 11.4 Å². The SMILES string of the molecule is COc1cc(CC#Cc2ccc3c(c2)C(=O)/C(=C\c2ccc(Cl)c(Cl)c2)[S+]([O-])N3C)ccn1. The fourth-order valence-corrected chi connectivity index (χ4v) is 4.75. The molecule has 8 heteroatoms. The van der Waals surface area contributed by atoms with Gasteiger partial charge in [0.05, 0.1) is 35.5 Å². The molecule has 2 aromatic carbocycles. The van der Waals surface area contributed by atoms with E-state index >= 15 is 0 Å². The Kier molecular flexibility index (Phi) is 6.96. The Bertz CT molecular complexity index is 1330. The Morgan fingerprint density at radius 1 is 1.15 bits per heavy atom. The summed E-state index contributed by atoms with van der Waals surface area (Å²) in [5, 5.41) is 0.768. The van der Waals surface area contributed by atoms with Crippen LogP contribution in [0, 0.1) is 11.8 Å². The summed E-state index contributed by atoms with van der Waals surface area (Å²) in [5.74, 6) is 6.43. The molecule has 1 aromatic heterocycles. The van der Waals surface area contributed by atoms with Gasteiger partial charge in [-0.3, -0.25) is 4.79 Å². The number of aromatic nitrogens is 1. The number of benzene rings is 2. The van der Waals surface area contributed by atoms with Crippen molar-refractivity contribution in [2.75, 3.05) is 18.5 Å². The second kappa shape index (κ2) is 9.90. The summed E-state index contributed by atoms with van der Waals surface area (Å²) in [4.78, 5) is 17.5. The topological polar surface area (TPSA) is 65.5 Å². The number of ketones is 1. The number of nitrogens with zero attached hydrogens (tertiary/aromatic N) is 2. The van der Waals surface area contributed by atoms with Crippen molar-refractivity contribution in [2.45, 2.75) is 6.42 Å². The van der Waals surface area contributed by atoms with Crippen molar-refractivity contribution >= 4 is 52.1 Å².